The summed E-state index contributed by atoms with van der Waals surface area (Å²) in [5, 5.41) is 10.4. The molecular weight excluding hydrogens is 238 g/mol. The summed E-state index contributed by atoms with van der Waals surface area (Å²) in [6.07, 6.45) is 3.55. The molecule has 0 aliphatic heterocycles. The van der Waals surface area contributed by atoms with E-state index in [1.54, 1.807) is 0 Å². The third kappa shape index (κ3) is 2.61. The quantitative estimate of drug-likeness (QED) is 0.907. The number of carboxylic acid groups (broad SMARTS) is 1. The van der Waals surface area contributed by atoms with Crippen LogP contribution in [0.4, 0.5) is 0 Å². The lowest BCUT2D eigenvalue weighted by atomic mass is 10.1. The maximum absolute atomic E-state index is 10.5. The first-order valence-electron chi connectivity index (χ1n) is 5.53. The lowest BCUT2D eigenvalue weighted by Gasteiger charge is -2.04. The zero-order valence-electron chi connectivity index (χ0n) is 9.61. The van der Waals surface area contributed by atoms with Gasteiger partial charge in [0.2, 0.25) is 0 Å². The Kier molecular flexibility index (Phi) is 3.38. The molecule has 0 saturated heterocycles. The molecule has 0 aliphatic carbocycles. The lowest BCUT2D eigenvalue weighted by Crippen LogP contribution is -1.96. The normalized spacial score (nSPS) is 10.9. The van der Waals surface area contributed by atoms with Crippen LogP contribution in [0.5, 0.6) is 0 Å². The molecule has 0 spiro atoms. The minimum absolute atomic E-state index is 0.197. The molecule has 17 heavy (non-hydrogen) atoms. The predicted molar refractivity (Wildman–Crippen MR) is 68.5 cm³/mol. The highest BCUT2D eigenvalue weighted by atomic mass is 35.5. The number of aliphatic carboxylic acids is 1. The molecule has 2 aromatic rings. The van der Waals surface area contributed by atoms with Gasteiger partial charge >= 0.3 is 5.97 Å². The number of hydrogen-bond donors (Lipinski definition) is 1. The fraction of sp³-hybridized carbons (Fsp3) is 0.308. The molecule has 0 aliphatic rings. The van der Waals surface area contributed by atoms with E-state index in [1.165, 1.54) is 0 Å². The standard InChI is InChI=1S/C13H14ClNO2/c1-15-6-5-10-11(14)7-9(8-12(10)15)3-2-4-13(16)17/h5-8H,2-4H2,1H3,(H,16,17). The SMILES string of the molecule is Cn1ccc2c(Cl)cc(CCCC(=O)O)cc21. The third-order valence-electron chi connectivity index (χ3n) is 2.87. The van der Waals surface area contributed by atoms with E-state index in [9.17, 15) is 4.79 Å². The molecule has 1 N–H and O–H groups in total. The average Bonchev–Trinajstić information content (AvgIpc) is 2.61. The monoisotopic (exact) mass is 251 g/mol. The van der Waals surface area contributed by atoms with Crippen LogP contribution in [-0.2, 0) is 18.3 Å². The maximum atomic E-state index is 10.5. The highest BCUT2D eigenvalue weighted by Crippen LogP contribution is 2.26. The number of carboxylic acids is 1. The van der Waals surface area contributed by atoms with Crippen LogP contribution in [0.25, 0.3) is 10.9 Å². The second-order valence-corrected chi connectivity index (χ2v) is 4.59. The minimum atomic E-state index is -0.754. The van der Waals surface area contributed by atoms with Crippen LogP contribution in [0.1, 0.15) is 18.4 Å². The summed E-state index contributed by atoms with van der Waals surface area (Å²) < 4.78 is 2.02. The highest BCUT2D eigenvalue weighted by Gasteiger charge is 2.06. The molecule has 0 saturated carbocycles. The van der Waals surface area contributed by atoms with Crippen LogP contribution in [0.3, 0.4) is 0 Å². The smallest absolute Gasteiger partial charge is 0.303 e. The Morgan fingerprint density at radius 3 is 2.94 bits per heavy atom. The van der Waals surface area contributed by atoms with E-state index in [4.69, 9.17) is 16.7 Å². The Bertz CT molecular complexity index is 560. The summed E-state index contributed by atoms with van der Waals surface area (Å²) in [6.45, 7) is 0. The van der Waals surface area contributed by atoms with Gasteiger partial charge in [-0.1, -0.05) is 11.6 Å². The van der Waals surface area contributed by atoms with E-state index in [0.29, 0.717) is 6.42 Å². The molecule has 1 aromatic carbocycles. The van der Waals surface area contributed by atoms with Crippen molar-refractivity contribution in [1.29, 1.82) is 0 Å². The van der Waals surface area contributed by atoms with Gasteiger partial charge in [0.05, 0.1) is 5.02 Å². The predicted octanol–water partition coefficient (Wildman–Crippen LogP) is 3.24. The first-order chi connectivity index (χ1) is 8.08. The van der Waals surface area contributed by atoms with Crippen LogP contribution in [0.15, 0.2) is 24.4 Å². The van der Waals surface area contributed by atoms with Gasteiger partial charge in [0.1, 0.15) is 0 Å². The molecule has 1 aromatic heterocycles. The molecule has 0 amide bonds. The van der Waals surface area contributed by atoms with Crippen molar-refractivity contribution in [2.75, 3.05) is 0 Å². The highest BCUT2D eigenvalue weighted by molar-refractivity contribution is 6.35. The van der Waals surface area contributed by atoms with Crippen LogP contribution in [-0.4, -0.2) is 15.6 Å². The molecule has 4 heteroatoms. The number of aromatic nitrogens is 1. The first-order valence-corrected chi connectivity index (χ1v) is 5.91. The molecule has 0 unspecified atom stereocenters. The van der Waals surface area contributed by atoms with Crippen LogP contribution >= 0.6 is 11.6 Å². The van der Waals surface area contributed by atoms with Crippen molar-refractivity contribution in [3.63, 3.8) is 0 Å². The molecule has 1 heterocycles. The minimum Gasteiger partial charge on any atom is -0.481 e. The van der Waals surface area contributed by atoms with Gasteiger partial charge < -0.3 is 9.67 Å². The Balaban J connectivity index is 2.23. The summed E-state index contributed by atoms with van der Waals surface area (Å²) in [5.41, 5.74) is 2.17. The summed E-state index contributed by atoms with van der Waals surface area (Å²) in [6, 6.07) is 5.98. The van der Waals surface area contributed by atoms with Crippen molar-refractivity contribution >= 4 is 28.5 Å². The maximum Gasteiger partial charge on any atom is 0.303 e. The lowest BCUT2D eigenvalue weighted by molar-refractivity contribution is -0.137. The second-order valence-electron chi connectivity index (χ2n) is 4.18. The number of carbonyl (C=O) groups is 1. The molecule has 2 rings (SSSR count). The second kappa shape index (κ2) is 4.80. The topological polar surface area (TPSA) is 42.2 Å². The van der Waals surface area contributed by atoms with E-state index in [0.717, 1.165) is 27.9 Å². The Morgan fingerprint density at radius 2 is 2.24 bits per heavy atom. The van der Waals surface area contributed by atoms with Crippen LogP contribution in [0.2, 0.25) is 5.02 Å². The van der Waals surface area contributed by atoms with E-state index < -0.39 is 5.97 Å². The van der Waals surface area contributed by atoms with Crippen molar-refractivity contribution in [3.05, 3.63) is 35.0 Å². The number of halogens is 1. The number of rotatable bonds is 4. The summed E-state index contributed by atoms with van der Waals surface area (Å²) in [7, 11) is 1.97. The summed E-state index contributed by atoms with van der Waals surface area (Å²) in [4.78, 5) is 10.5. The summed E-state index contributed by atoms with van der Waals surface area (Å²) in [5.74, 6) is -0.754. The summed E-state index contributed by atoms with van der Waals surface area (Å²) >= 11 is 6.19. The molecular formula is C13H14ClNO2. The molecule has 3 nitrogen and oxygen atoms in total. The van der Waals surface area contributed by atoms with Crippen molar-refractivity contribution in [1.82, 2.24) is 4.57 Å². The van der Waals surface area contributed by atoms with Crippen molar-refractivity contribution < 1.29 is 9.90 Å². The van der Waals surface area contributed by atoms with Gasteiger partial charge in [-0.3, -0.25) is 4.79 Å². The van der Waals surface area contributed by atoms with E-state index in [-0.39, 0.29) is 6.42 Å². The van der Waals surface area contributed by atoms with E-state index in [2.05, 4.69) is 6.07 Å². The number of aryl methyl sites for hydroxylation is 2. The van der Waals surface area contributed by atoms with Crippen LogP contribution < -0.4 is 0 Å². The zero-order chi connectivity index (χ0) is 12.4. The van der Waals surface area contributed by atoms with Crippen molar-refractivity contribution in [2.45, 2.75) is 19.3 Å². The van der Waals surface area contributed by atoms with Crippen LogP contribution in [0, 0.1) is 0 Å². The molecule has 0 fully saturated rings. The van der Waals surface area contributed by atoms with Gasteiger partial charge in [0.15, 0.2) is 0 Å². The fourth-order valence-electron chi connectivity index (χ4n) is 1.97. The Morgan fingerprint density at radius 1 is 1.47 bits per heavy atom. The van der Waals surface area contributed by atoms with E-state index >= 15 is 0 Å². The van der Waals surface area contributed by atoms with E-state index in [1.807, 2.05) is 29.9 Å². The Hall–Kier alpha value is -1.48. The van der Waals surface area contributed by atoms with Gasteiger partial charge in [-0.25, -0.2) is 0 Å². The fourth-order valence-corrected chi connectivity index (χ4v) is 2.27. The molecule has 0 atom stereocenters. The zero-order valence-corrected chi connectivity index (χ0v) is 10.4. The molecule has 90 valence electrons. The average molecular weight is 252 g/mol. The third-order valence-corrected chi connectivity index (χ3v) is 3.18. The van der Waals surface area contributed by atoms with Gasteiger partial charge in [-0.05, 0) is 36.6 Å². The van der Waals surface area contributed by atoms with Gasteiger partial charge in [0.25, 0.3) is 0 Å². The number of benzene rings is 1. The number of fused-ring (bicyclic) bond motifs is 1. The molecule has 0 bridgehead atoms. The Labute approximate surface area is 105 Å². The molecule has 0 radical (unpaired) electrons. The van der Waals surface area contributed by atoms with Gasteiger partial charge in [0, 0.05) is 30.6 Å². The number of hydrogen-bond acceptors (Lipinski definition) is 1. The largest absolute Gasteiger partial charge is 0.481 e. The van der Waals surface area contributed by atoms with Crippen molar-refractivity contribution in [2.24, 2.45) is 7.05 Å². The van der Waals surface area contributed by atoms with Gasteiger partial charge in [-0.2, -0.15) is 0 Å². The van der Waals surface area contributed by atoms with Crippen molar-refractivity contribution in [3.8, 4) is 0 Å². The number of nitrogens with zero attached hydrogens (tertiary/aromatic N) is 1. The van der Waals surface area contributed by atoms with Gasteiger partial charge in [-0.15, -0.1) is 0 Å². The first kappa shape index (κ1) is 12.0.